The van der Waals surface area contributed by atoms with Gasteiger partial charge in [-0.1, -0.05) is 30.0 Å². The van der Waals surface area contributed by atoms with Crippen molar-refractivity contribution in [2.75, 3.05) is 0 Å². The van der Waals surface area contributed by atoms with Crippen LogP contribution in [-0.2, 0) is 10.1 Å². The molecule has 2 rings (SSSR count). The molecule has 0 bridgehead atoms. The number of benzene rings is 2. The molecule has 2 aromatic carbocycles. The molecule has 0 radical (unpaired) electrons. The normalized spacial score (nSPS) is 11.1. The molecule has 0 aliphatic carbocycles. The fraction of sp³-hybridized carbons (Fsp3) is 0. The summed E-state index contributed by atoms with van der Waals surface area (Å²) >= 11 is 0. The van der Waals surface area contributed by atoms with Crippen molar-refractivity contribution in [3.63, 3.8) is 0 Å². The van der Waals surface area contributed by atoms with Crippen molar-refractivity contribution in [3.8, 4) is 11.5 Å². The van der Waals surface area contributed by atoms with Crippen LogP contribution in [0.4, 0.5) is 0 Å². The van der Waals surface area contributed by atoms with E-state index in [-0.39, 0.29) is 45.2 Å². The fourth-order valence-electron chi connectivity index (χ4n) is 1.52. The number of hydrogen-bond acceptors (Lipinski definition) is 4. The Hall–Kier alpha value is -0.790. The molecule has 84 valence electrons. The van der Waals surface area contributed by atoms with E-state index in [4.69, 9.17) is 4.55 Å². The van der Waals surface area contributed by atoms with Crippen LogP contribution in [0.2, 0.25) is 0 Å². The van der Waals surface area contributed by atoms with Gasteiger partial charge in [0.25, 0.3) is 10.1 Å². The SMILES string of the molecule is O=S(=O)(O)c1cccc2c(O)c([O-])ccc12.[Na+]. The summed E-state index contributed by atoms with van der Waals surface area (Å²) in [5.41, 5.74) is 0. The van der Waals surface area contributed by atoms with E-state index in [1.54, 1.807) is 0 Å². The molecule has 5 nitrogen and oxygen atoms in total. The number of phenolic OH excluding ortho intramolecular Hbond substituents is 1. The molecule has 0 fully saturated rings. The van der Waals surface area contributed by atoms with Gasteiger partial charge in [0.2, 0.25) is 0 Å². The van der Waals surface area contributed by atoms with Gasteiger partial charge in [-0.2, -0.15) is 8.42 Å². The molecule has 2 aromatic rings. The number of aromatic hydroxyl groups is 1. The molecule has 0 saturated carbocycles. The number of phenols is 1. The van der Waals surface area contributed by atoms with Gasteiger partial charge in [-0.3, -0.25) is 4.55 Å². The van der Waals surface area contributed by atoms with E-state index in [0.717, 1.165) is 6.07 Å². The fourth-order valence-corrected chi connectivity index (χ4v) is 2.22. The Morgan fingerprint density at radius 2 is 1.71 bits per heavy atom. The third-order valence-electron chi connectivity index (χ3n) is 2.23. The monoisotopic (exact) mass is 262 g/mol. The van der Waals surface area contributed by atoms with E-state index < -0.39 is 21.6 Å². The average molecular weight is 262 g/mol. The second kappa shape index (κ2) is 4.83. The van der Waals surface area contributed by atoms with Gasteiger partial charge in [-0.25, -0.2) is 0 Å². The van der Waals surface area contributed by atoms with Crippen molar-refractivity contribution in [2.45, 2.75) is 4.90 Å². The van der Waals surface area contributed by atoms with E-state index in [1.807, 2.05) is 0 Å². The van der Waals surface area contributed by atoms with Gasteiger partial charge in [0.05, 0.1) is 0 Å². The minimum Gasteiger partial charge on any atom is -0.870 e. The van der Waals surface area contributed by atoms with Crippen molar-refractivity contribution < 1.29 is 52.7 Å². The van der Waals surface area contributed by atoms with Gasteiger partial charge >= 0.3 is 29.6 Å². The van der Waals surface area contributed by atoms with Crippen molar-refractivity contribution in [1.29, 1.82) is 0 Å². The van der Waals surface area contributed by atoms with Crippen LogP contribution in [-0.4, -0.2) is 18.1 Å². The molecule has 0 heterocycles. The van der Waals surface area contributed by atoms with Gasteiger partial charge in [-0.15, -0.1) is 0 Å². The number of fused-ring (bicyclic) bond motifs is 1. The van der Waals surface area contributed by atoms with E-state index >= 15 is 0 Å². The number of hydrogen-bond donors (Lipinski definition) is 2. The van der Waals surface area contributed by atoms with Crippen LogP contribution in [0.1, 0.15) is 0 Å². The summed E-state index contributed by atoms with van der Waals surface area (Å²) in [4.78, 5) is -0.333. The zero-order valence-electron chi connectivity index (χ0n) is 8.91. The Kier molecular flexibility index (Phi) is 4.06. The smallest absolute Gasteiger partial charge is 0.870 e. The molecule has 0 amide bonds. The largest absolute Gasteiger partial charge is 1.00 e. The zero-order valence-corrected chi connectivity index (χ0v) is 11.7. The van der Waals surface area contributed by atoms with Gasteiger partial charge in [0.1, 0.15) is 10.6 Å². The molecular weight excluding hydrogens is 255 g/mol. The number of rotatable bonds is 1. The molecule has 0 unspecified atom stereocenters. The van der Waals surface area contributed by atoms with E-state index in [2.05, 4.69) is 0 Å². The van der Waals surface area contributed by atoms with Gasteiger partial charge in [0.15, 0.2) is 0 Å². The first-order chi connectivity index (χ1) is 7.41. The van der Waals surface area contributed by atoms with Gasteiger partial charge in [0, 0.05) is 10.8 Å². The molecule has 0 spiro atoms. The maximum Gasteiger partial charge on any atom is 1.00 e. The van der Waals surface area contributed by atoms with Crippen LogP contribution in [0.25, 0.3) is 10.8 Å². The van der Waals surface area contributed by atoms with Crippen molar-refractivity contribution >= 4 is 20.9 Å². The second-order valence-electron chi connectivity index (χ2n) is 3.24. The molecule has 0 aromatic heterocycles. The topological polar surface area (TPSA) is 97.7 Å². The van der Waals surface area contributed by atoms with Crippen molar-refractivity contribution in [2.24, 2.45) is 0 Å². The van der Waals surface area contributed by atoms with E-state index in [9.17, 15) is 18.6 Å². The minimum atomic E-state index is -4.37. The summed E-state index contributed by atoms with van der Waals surface area (Å²) in [6.07, 6.45) is 0. The molecule has 17 heavy (non-hydrogen) atoms. The van der Waals surface area contributed by atoms with E-state index in [1.165, 1.54) is 24.3 Å². The molecule has 7 heteroatoms. The third-order valence-corrected chi connectivity index (χ3v) is 3.15. The van der Waals surface area contributed by atoms with E-state index in [0.29, 0.717) is 0 Å². The summed E-state index contributed by atoms with van der Waals surface area (Å²) in [7, 11) is -4.37. The summed E-state index contributed by atoms with van der Waals surface area (Å²) in [5.74, 6) is -1.12. The van der Waals surface area contributed by atoms with Crippen LogP contribution in [0.3, 0.4) is 0 Å². The molecule has 0 saturated heterocycles. The van der Waals surface area contributed by atoms with Crippen LogP contribution in [0.5, 0.6) is 11.5 Å². The molecule has 0 atom stereocenters. The predicted octanol–water partition coefficient (Wildman–Crippen LogP) is -2.13. The average Bonchev–Trinajstić information content (AvgIpc) is 2.21. The maximum atomic E-state index is 11.1. The molecular formula is C10H7NaO5S. The zero-order chi connectivity index (χ0) is 11.9. The minimum absolute atomic E-state index is 0. The summed E-state index contributed by atoms with van der Waals surface area (Å²) in [6.45, 7) is 0. The summed E-state index contributed by atoms with van der Waals surface area (Å²) < 4.78 is 31.0. The third kappa shape index (κ3) is 2.56. The molecule has 0 aliphatic rings. The summed E-state index contributed by atoms with van der Waals surface area (Å²) in [5, 5.41) is 20.8. The Morgan fingerprint density at radius 3 is 2.29 bits per heavy atom. The first-order valence-electron chi connectivity index (χ1n) is 4.30. The standard InChI is InChI=1S/C10H8O5S.Na/c11-8-5-4-6-7(10(8)12)2-1-3-9(6)16(13,14)15;/h1-5,11-12H,(H,13,14,15);/q;+1/p-1. The maximum absolute atomic E-state index is 11.1. The first kappa shape index (κ1) is 14.3. The van der Waals surface area contributed by atoms with Gasteiger partial charge < -0.3 is 10.2 Å². The van der Waals surface area contributed by atoms with Crippen molar-refractivity contribution in [1.82, 2.24) is 0 Å². The van der Waals surface area contributed by atoms with Gasteiger partial charge in [-0.05, 0) is 6.07 Å². The van der Waals surface area contributed by atoms with Crippen LogP contribution in [0.15, 0.2) is 35.2 Å². The first-order valence-corrected chi connectivity index (χ1v) is 5.74. The molecule has 0 aliphatic heterocycles. The van der Waals surface area contributed by atoms with Crippen LogP contribution < -0.4 is 34.7 Å². The Balaban J connectivity index is 0.00000144. The summed E-state index contributed by atoms with van der Waals surface area (Å²) in [6, 6.07) is 6.24. The van der Waals surface area contributed by atoms with Crippen molar-refractivity contribution in [3.05, 3.63) is 30.3 Å². The Morgan fingerprint density at radius 1 is 1.06 bits per heavy atom. The van der Waals surface area contributed by atoms with Crippen LogP contribution >= 0.6 is 0 Å². The Labute approximate surface area is 120 Å². The predicted molar refractivity (Wildman–Crippen MR) is 54.9 cm³/mol. The van der Waals surface area contributed by atoms with Crippen LogP contribution in [0, 0.1) is 0 Å². The molecule has 2 N–H and O–H groups in total. The second-order valence-corrected chi connectivity index (χ2v) is 4.63. The Bertz CT molecular complexity index is 666. The quantitative estimate of drug-likeness (QED) is 0.452.